The Labute approximate surface area is 115 Å². The molecule has 0 atom stereocenters. The van der Waals surface area contributed by atoms with E-state index in [1.54, 1.807) is 0 Å². The topological polar surface area (TPSA) is 58.5 Å². The van der Waals surface area contributed by atoms with Gasteiger partial charge in [-0.05, 0) is 57.0 Å². The van der Waals surface area contributed by atoms with E-state index in [1.165, 1.54) is 44.5 Å². The third-order valence-electron chi connectivity index (χ3n) is 4.56. The molecule has 4 nitrogen and oxygen atoms in total. The third kappa shape index (κ3) is 2.63. The van der Waals surface area contributed by atoms with Crippen LogP contribution >= 0.6 is 0 Å². The Morgan fingerprint density at radius 2 is 1.58 bits per heavy atom. The van der Waals surface area contributed by atoms with Gasteiger partial charge >= 0.3 is 0 Å². The number of hydrogen-bond acceptors (Lipinski definition) is 4. The largest absolute Gasteiger partial charge is 0.397 e. The van der Waals surface area contributed by atoms with Gasteiger partial charge in [0.15, 0.2) is 0 Å². The van der Waals surface area contributed by atoms with Crippen LogP contribution in [0.5, 0.6) is 0 Å². The van der Waals surface area contributed by atoms with Crippen LogP contribution in [-0.2, 0) is 0 Å². The molecular formula is C15H24N4. The molecule has 1 aromatic carbocycles. The van der Waals surface area contributed by atoms with Crippen molar-refractivity contribution in [2.24, 2.45) is 0 Å². The summed E-state index contributed by atoms with van der Waals surface area (Å²) in [5.41, 5.74) is 14.3. The Bertz CT molecular complexity index is 432. The number of rotatable bonds is 2. The molecule has 104 valence electrons. The van der Waals surface area contributed by atoms with Crippen LogP contribution < -0.4 is 16.4 Å². The average molecular weight is 260 g/mol. The van der Waals surface area contributed by atoms with E-state index in [4.69, 9.17) is 11.5 Å². The van der Waals surface area contributed by atoms with Gasteiger partial charge in [0, 0.05) is 24.8 Å². The number of hydrogen-bond donors (Lipinski definition) is 2. The van der Waals surface area contributed by atoms with E-state index in [0.717, 1.165) is 19.1 Å². The fourth-order valence-corrected chi connectivity index (χ4v) is 3.35. The quantitative estimate of drug-likeness (QED) is 0.798. The second-order valence-corrected chi connectivity index (χ2v) is 5.77. The van der Waals surface area contributed by atoms with E-state index in [9.17, 15) is 0 Å². The van der Waals surface area contributed by atoms with Crippen LogP contribution in [0.4, 0.5) is 17.1 Å². The Morgan fingerprint density at radius 3 is 2.21 bits per heavy atom. The minimum absolute atomic E-state index is 0.677. The number of nitrogen functional groups attached to an aromatic ring is 2. The molecule has 2 fully saturated rings. The minimum atomic E-state index is 0.677. The normalized spacial score (nSPS) is 22.0. The lowest BCUT2D eigenvalue weighted by molar-refractivity contribution is 0.208. The van der Waals surface area contributed by atoms with Crippen LogP contribution in [0.2, 0.25) is 0 Å². The van der Waals surface area contributed by atoms with Gasteiger partial charge < -0.3 is 21.3 Å². The van der Waals surface area contributed by atoms with Gasteiger partial charge in [0.1, 0.15) is 0 Å². The summed E-state index contributed by atoms with van der Waals surface area (Å²) in [7, 11) is 0. The van der Waals surface area contributed by atoms with Gasteiger partial charge in [-0.15, -0.1) is 0 Å². The maximum Gasteiger partial charge on any atom is 0.0568 e. The molecule has 2 heterocycles. The molecule has 3 rings (SSSR count). The summed E-state index contributed by atoms with van der Waals surface area (Å²) in [6.45, 7) is 4.87. The summed E-state index contributed by atoms with van der Waals surface area (Å²) in [6.07, 6.45) is 5.30. The molecule has 19 heavy (non-hydrogen) atoms. The molecule has 1 aromatic rings. The van der Waals surface area contributed by atoms with Crippen molar-refractivity contribution in [2.75, 3.05) is 42.5 Å². The zero-order chi connectivity index (χ0) is 13.2. The van der Waals surface area contributed by atoms with Gasteiger partial charge in [0.25, 0.3) is 0 Å². The van der Waals surface area contributed by atoms with Crippen molar-refractivity contribution in [3.63, 3.8) is 0 Å². The van der Waals surface area contributed by atoms with Gasteiger partial charge in [-0.25, -0.2) is 0 Å². The molecule has 0 aliphatic carbocycles. The van der Waals surface area contributed by atoms with Crippen LogP contribution in [0.1, 0.15) is 25.7 Å². The third-order valence-corrected chi connectivity index (χ3v) is 4.56. The first-order valence-electron chi connectivity index (χ1n) is 7.38. The Morgan fingerprint density at radius 1 is 0.895 bits per heavy atom. The summed E-state index contributed by atoms with van der Waals surface area (Å²) in [5.74, 6) is 0. The maximum absolute atomic E-state index is 5.89. The molecule has 4 heteroatoms. The van der Waals surface area contributed by atoms with Crippen LogP contribution in [0.25, 0.3) is 0 Å². The molecule has 0 unspecified atom stereocenters. The second kappa shape index (κ2) is 5.29. The summed E-state index contributed by atoms with van der Waals surface area (Å²) < 4.78 is 0. The van der Waals surface area contributed by atoms with E-state index >= 15 is 0 Å². The fourth-order valence-electron chi connectivity index (χ4n) is 3.35. The predicted octanol–water partition coefficient (Wildman–Crippen LogP) is 1.92. The van der Waals surface area contributed by atoms with Crippen LogP contribution in [0.15, 0.2) is 18.2 Å². The van der Waals surface area contributed by atoms with Crippen molar-refractivity contribution in [1.29, 1.82) is 0 Å². The first-order valence-corrected chi connectivity index (χ1v) is 7.38. The summed E-state index contributed by atoms with van der Waals surface area (Å²) >= 11 is 0. The molecule has 0 radical (unpaired) electrons. The number of likely N-dealkylation sites (tertiary alicyclic amines) is 1. The first-order chi connectivity index (χ1) is 9.24. The highest BCUT2D eigenvalue weighted by Gasteiger charge is 2.26. The van der Waals surface area contributed by atoms with Crippen molar-refractivity contribution in [1.82, 2.24) is 4.90 Å². The van der Waals surface area contributed by atoms with Crippen molar-refractivity contribution in [3.8, 4) is 0 Å². The Kier molecular flexibility index (Phi) is 3.51. The monoisotopic (exact) mass is 260 g/mol. The molecule has 0 bridgehead atoms. The summed E-state index contributed by atoms with van der Waals surface area (Å²) in [6, 6.07) is 6.80. The second-order valence-electron chi connectivity index (χ2n) is 5.77. The molecule has 2 saturated heterocycles. The highest BCUT2D eigenvalue weighted by atomic mass is 15.2. The molecule has 2 aliphatic heterocycles. The molecule has 0 aromatic heterocycles. The van der Waals surface area contributed by atoms with Gasteiger partial charge in [0.05, 0.1) is 11.4 Å². The lowest BCUT2D eigenvalue weighted by Crippen LogP contribution is -2.43. The van der Waals surface area contributed by atoms with Gasteiger partial charge in [0.2, 0.25) is 0 Å². The lowest BCUT2D eigenvalue weighted by atomic mass is 10.0. The number of benzene rings is 1. The molecule has 2 aliphatic rings. The highest BCUT2D eigenvalue weighted by molar-refractivity contribution is 5.69. The van der Waals surface area contributed by atoms with Crippen molar-refractivity contribution in [3.05, 3.63) is 18.2 Å². The van der Waals surface area contributed by atoms with E-state index in [-0.39, 0.29) is 0 Å². The predicted molar refractivity (Wildman–Crippen MR) is 81.3 cm³/mol. The van der Waals surface area contributed by atoms with Crippen LogP contribution in [-0.4, -0.2) is 37.1 Å². The molecule has 0 spiro atoms. The number of piperidine rings is 1. The lowest BCUT2D eigenvalue weighted by Gasteiger charge is -2.37. The van der Waals surface area contributed by atoms with Crippen molar-refractivity contribution in [2.45, 2.75) is 31.7 Å². The number of nitrogens with zero attached hydrogens (tertiary/aromatic N) is 2. The van der Waals surface area contributed by atoms with Crippen molar-refractivity contribution < 1.29 is 0 Å². The summed E-state index contributed by atoms with van der Waals surface area (Å²) in [5, 5.41) is 0. The van der Waals surface area contributed by atoms with Crippen LogP contribution in [0.3, 0.4) is 0 Å². The van der Waals surface area contributed by atoms with Crippen molar-refractivity contribution >= 4 is 17.1 Å². The molecule has 0 amide bonds. The van der Waals surface area contributed by atoms with E-state index in [2.05, 4.69) is 15.9 Å². The van der Waals surface area contributed by atoms with E-state index in [1.807, 2.05) is 12.1 Å². The maximum atomic E-state index is 5.89. The Balaban J connectivity index is 1.61. The summed E-state index contributed by atoms with van der Waals surface area (Å²) in [4.78, 5) is 5.11. The Hall–Kier alpha value is -1.42. The van der Waals surface area contributed by atoms with E-state index < -0.39 is 0 Å². The highest BCUT2D eigenvalue weighted by Crippen LogP contribution is 2.27. The molecule has 0 saturated carbocycles. The number of anilines is 3. The standard InChI is InChI=1S/C15H24N4/c16-14-4-3-13(11-15(14)17)19-9-5-12(6-10-19)18-7-1-2-8-18/h3-4,11-12H,1-2,5-10,16-17H2. The van der Waals surface area contributed by atoms with Gasteiger partial charge in [-0.2, -0.15) is 0 Å². The first kappa shape index (κ1) is 12.6. The van der Waals surface area contributed by atoms with Crippen LogP contribution in [0, 0.1) is 0 Å². The zero-order valence-electron chi connectivity index (χ0n) is 11.5. The van der Waals surface area contributed by atoms with Gasteiger partial charge in [-0.3, -0.25) is 0 Å². The van der Waals surface area contributed by atoms with Gasteiger partial charge in [-0.1, -0.05) is 0 Å². The number of nitrogens with two attached hydrogens (primary N) is 2. The SMILES string of the molecule is Nc1ccc(N2CCC(N3CCCC3)CC2)cc1N. The zero-order valence-corrected chi connectivity index (χ0v) is 11.5. The smallest absolute Gasteiger partial charge is 0.0568 e. The van der Waals surface area contributed by atoms with E-state index in [0.29, 0.717) is 11.4 Å². The minimum Gasteiger partial charge on any atom is -0.397 e. The fraction of sp³-hybridized carbons (Fsp3) is 0.600. The molecule has 4 N–H and O–H groups in total. The average Bonchev–Trinajstić information content (AvgIpc) is 2.96. The molecular weight excluding hydrogens is 236 g/mol.